The van der Waals surface area contributed by atoms with Crippen LogP contribution in [0.2, 0.25) is 0 Å². The Labute approximate surface area is 144 Å². The zero-order valence-corrected chi connectivity index (χ0v) is 14.9. The zero-order chi connectivity index (χ0) is 17.2. The number of sulfone groups is 1. The summed E-state index contributed by atoms with van der Waals surface area (Å²) < 4.78 is 22.9. The second-order valence-corrected chi connectivity index (χ2v) is 9.19. The first-order chi connectivity index (χ1) is 11.4. The quantitative estimate of drug-likeness (QED) is 0.891. The van der Waals surface area contributed by atoms with Crippen LogP contribution >= 0.6 is 0 Å². The third-order valence-corrected chi connectivity index (χ3v) is 6.73. The Bertz CT molecular complexity index is 746. The molecular weight excluding hydrogens is 322 g/mol. The average Bonchev–Trinajstić information content (AvgIpc) is 3.13. The van der Waals surface area contributed by atoms with Crippen LogP contribution in [0.15, 0.2) is 35.7 Å². The predicted octanol–water partition coefficient (Wildman–Crippen LogP) is 2.87. The van der Waals surface area contributed by atoms with E-state index in [1.165, 1.54) is 29.4 Å². The summed E-state index contributed by atoms with van der Waals surface area (Å²) in [5.74, 6) is -0.183. The van der Waals surface area contributed by atoms with Crippen molar-refractivity contribution in [3.8, 4) is 0 Å². The molecule has 0 bridgehead atoms. The summed E-state index contributed by atoms with van der Waals surface area (Å²) in [5.41, 5.74) is 2.58. The van der Waals surface area contributed by atoms with E-state index in [-0.39, 0.29) is 29.4 Å². The molecule has 0 saturated heterocycles. The lowest BCUT2D eigenvalue weighted by molar-refractivity contribution is -0.121. The molecule has 0 radical (unpaired) electrons. The Kier molecular flexibility index (Phi) is 4.81. The summed E-state index contributed by atoms with van der Waals surface area (Å²) in [6.45, 7) is 2.73. The number of rotatable bonds is 5. The molecule has 1 N–H and O–H groups in total. The summed E-state index contributed by atoms with van der Waals surface area (Å²) in [7, 11) is -3.09. The SMILES string of the molecule is Cc1cccc(C2(CNC(=O)CC3C=CS(=O)(=O)C3)CCCC2)c1. The second kappa shape index (κ2) is 6.71. The van der Waals surface area contributed by atoms with Gasteiger partial charge in [0.15, 0.2) is 9.84 Å². The second-order valence-electron chi connectivity index (χ2n) is 7.26. The molecule has 1 atom stereocenters. The highest BCUT2D eigenvalue weighted by atomic mass is 32.2. The molecule has 1 amide bonds. The molecule has 0 aromatic heterocycles. The normalized spacial score (nSPS) is 24.1. The van der Waals surface area contributed by atoms with E-state index in [4.69, 9.17) is 0 Å². The summed E-state index contributed by atoms with van der Waals surface area (Å²) in [6.07, 6.45) is 6.45. The first-order valence-electron chi connectivity index (χ1n) is 8.63. The van der Waals surface area contributed by atoms with Gasteiger partial charge in [-0.25, -0.2) is 8.42 Å². The number of hydrogen-bond acceptors (Lipinski definition) is 3. The van der Waals surface area contributed by atoms with Crippen LogP contribution in [0, 0.1) is 12.8 Å². The van der Waals surface area contributed by atoms with Gasteiger partial charge in [0.05, 0.1) is 5.75 Å². The van der Waals surface area contributed by atoms with Crippen LogP contribution in [0.5, 0.6) is 0 Å². The van der Waals surface area contributed by atoms with E-state index < -0.39 is 9.84 Å². The Balaban J connectivity index is 1.63. The Hall–Kier alpha value is -1.62. The van der Waals surface area contributed by atoms with Crippen LogP contribution in [0.3, 0.4) is 0 Å². The van der Waals surface area contributed by atoms with Crippen molar-refractivity contribution < 1.29 is 13.2 Å². The highest BCUT2D eigenvalue weighted by molar-refractivity contribution is 7.94. The maximum Gasteiger partial charge on any atom is 0.220 e. The van der Waals surface area contributed by atoms with E-state index in [0.29, 0.717) is 6.54 Å². The van der Waals surface area contributed by atoms with E-state index in [1.807, 2.05) is 0 Å². The van der Waals surface area contributed by atoms with Gasteiger partial charge in [0.2, 0.25) is 5.91 Å². The van der Waals surface area contributed by atoms with Gasteiger partial charge in [-0.2, -0.15) is 0 Å². The summed E-state index contributed by atoms with van der Waals surface area (Å²) in [5, 5.41) is 4.30. The first-order valence-corrected chi connectivity index (χ1v) is 10.3. The third-order valence-electron chi connectivity index (χ3n) is 5.27. The Morgan fingerprint density at radius 3 is 2.67 bits per heavy atom. The Morgan fingerprint density at radius 1 is 1.29 bits per heavy atom. The molecular formula is C19H25NO3S. The molecule has 1 fully saturated rings. The van der Waals surface area contributed by atoms with Gasteiger partial charge in [0, 0.05) is 29.7 Å². The molecule has 3 rings (SSSR count). The van der Waals surface area contributed by atoms with Crippen molar-refractivity contribution in [3.63, 3.8) is 0 Å². The van der Waals surface area contributed by atoms with Crippen molar-refractivity contribution in [2.75, 3.05) is 12.3 Å². The molecule has 5 heteroatoms. The van der Waals surface area contributed by atoms with Crippen LogP contribution in [0.4, 0.5) is 0 Å². The largest absolute Gasteiger partial charge is 0.355 e. The van der Waals surface area contributed by atoms with E-state index >= 15 is 0 Å². The summed E-state index contributed by atoms with van der Waals surface area (Å²) >= 11 is 0. The van der Waals surface area contributed by atoms with E-state index in [9.17, 15) is 13.2 Å². The fraction of sp³-hybridized carbons (Fsp3) is 0.526. The molecule has 1 aliphatic heterocycles. The molecule has 2 aliphatic rings. The van der Waals surface area contributed by atoms with Gasteiger partial charge in [-0.3, -0.25) is 4.79 Å². The monoisotopic (exact) mass is 347 g/mol. The number of nitrogens with one attached hydrogen (secondary N) is 1. The maximum atomic E-state index is 12.3. The van der Waals surface area contributed by atoms with Crippen molar-refractivity contribution >= 4 is 15.7 Å². The van der Waals surface area contributed by atoms with Gasteiger partial charge < -0.3 is 5.32 Å². The molecule has 1 aromatic rings. The minimum atomic E-state index is -3.09. The molecule has 1 heterocycles. The lowest BCUT2D eigenvalue weighted by atomic mass is 9.78. The minimum absolute atomic E-state index is 0.0271. The van der Waals surface area contributed by atoms with Crippen molar-refractivity contribution in [1.29, 1.82) is 0 Å². The molecule has 1 aromatic carbocycles. The van der Waals surface area contributed by atoms with Crippen LogP contribution < -0.4 is 5.32 Å². The lowest BCUT2D eigenvalue weighted by Crippen LogP contribution is -2.39. The van der Waals surface area contributed by atoms with Crippen LogP contribution in [0.25, 0.3) is 0 Å². The fourth-order valence-corrected chi connectivity index (χ4v) is 5.34. The third kappa shape index (κ3) is 3.89. The van der Waals surface area contributed by atoms with Crippen LogP contribution in [0.1, 0.15) is 43.2 Å². The number of carbonyl (C=O) groups is 1. The molecule has 1 aliphatic carbocycles. The molecule has 24 heavy (non-hydrogen) atoms. The maximum absolute atomic E-state index is 12.3. The van der Waals surface area contributed by atoms with Crippen molar-refractivity contribution in [3.05, 3.63) is 46.9 Å². The number of aryl methyl sites for hydroxylation is 1. The van der Waals surface area contributed by atoms with E-state index in [0.717, 1.165) is 12.8 Å². The fourth-order valence-electron chi connectivity index (χ4n) is 3.94. The van der Waals surface area contributed by atoms with E-state index in [2.05, 4.69) is 36.5 Å². The topological polar surface area (TPSA) is 63.2 Å². The predicted molar refractivity (Wildman–Crippen MR) is 95.4 cm³/mol. The lowest BCUT2D eigenvalue weighted by Gasteiger charge is -2.30. The standard InChI is InChI=1S/C19H25NO3S/c1-15-5-4-6-17(11-15)19(8-2-3-9-19)14-20-18(21)12-16-7-10-24(22,23)13-16/h4-7,10-11,16H,2-3,8-9,12-14H2,1H3,(H,20,21). The molecule has 1 saturated carbocycles. The van der Waals surface area contributed by atoms with Gasteiger partial charge in [-0.15, -0.1) is 0 Å². The van der Waals surface area contributed by atoms with Gasteiger partial charge >= 0.3 is 0 Å². The first kappa shape index (κ1) is 17.2. The number of allylic oxidation sites excluding steroid dienone is 1. The highest BCUT2D eigenvalue weighted by Gasteiger charge is 2.36. The van der Waals surface area contributed by atoms with Crippen molar-refractivity contribution in [2.45, 2.75) is 44.4 Å². The Morgan fingerprint density at radius 2 is 2.04 bits per heavy atom. The van der Waals surface area contributed by atoms with Crippen LogP contribution in [-0.2, 0) is 20.0 Å². The average molecular weight is 347 g/mol. The minimum Gasteiger partial charge on any atom is -0.355 e. The van der Waals surface area contributed by atoms with Gasteiger partial charge in [0.25, 0.3) is 0 Å². The summed E-state index contributed by atoms with van der Waals surface area (Å²) in [6, 6.07) is 8.57. The van der Waals surface area contributed by atoms with Gasteiger partial charge in [-0.1, -0.05) is 48.7 Å². The highest BCUT2D eigenvalue weighted by Crippen LogP contribution is 2.40. The molecule has 130 valence electrons. The number of amides is 1. The van der Waals surface area contributed by atoms with Gasteiger partial charge in [0.1, 0.15) is 0 Å². The van der Waals surface area contributed by atoms with Gasteiger partial charge in [-0.05, 0) is 25.3 Å². The number of hydrogen-bond donors (Lipinski definition) is 1. The molecule has 4 nitrogen and oxygen atoms in total. The van der Waals surface area contributed by atoms with Crippen molar-refractivity contribution in [1.82, 2.24) is 5.32 Å². The molecule has 0 spiro atoms. The molecule has 1 unspecified atom stereocenters. The summed E-state index contributed by atoms with van der Waals surface area (Å²) in [4.78, 5) is 12.3. The number of benzene rings is 1. The van der Waals surface area contributed by atoms with Crippen molar-refractivity contribution in [2.24, 2.45) is 5.92 Å². The number of carbonyl (C=O) groups excluding carboxylic acids is 1. The van der Waals surface area contributed by atoms with Crippen LogP contribution in [-0.4, -0.2) is 26.6 Å². The van der Waals surface area contributed by atoms with E-state index in [1.54, 1.807) is 6.08 Å². The zero-order valence-electron chi connectivity index (χ0n) is 14.1. The smallest absolute Gasteiger partial charge is 0.220 e.